The van der Waals surface area contributed by atoms with Crippen LogP contribution in [0.3, 0.4) is 0 Å². The highest BCUT2D eigenvalue weighted by molar-refractivity contribution is 9.10. The fourth-order valence-corrected chi connectivity index (χ4v) is 3.36. The number of nitrogens with zero attached hydrogens (tertiary/aromatic N) is 2. The number of benzene rings is 2. The van der Waals surface area contributed by atoms with Crippen molar-refractivity contribution in [3.05, 3.63) is 76.5 Å². The molecule has 1 N–H and O–H groups in total. The molecule has 0 spiro atoms. The standard InChI is InChI=1S/C17H12BrF2N3O3S/c18-15-9-21-16(17(22-15)26-10-11-4-2-1-3-5-11)23-27(24,25)12-6-7-13(19)14(20)8-12/h1-9H,10H2,(H,21,23). The summed E-state index contributed by atoms with van der Waals surface area (Å²) in [6, 6.07) is 11.4. The van der Waals surface area contributed by atoms with Gasteiger partial charge in [0.25, 0.3) is 15.9 Å². The van der Waals surface area contributed by atoms with Crippen LogP contribution in [0.25, 0.3) is 0 Å². The molecule has 0 unspecified atom stereocenters. The molecule has 3 aromatic rings. The summed E-state index contributed by atoms with van der Waals surface area (Å²) in [6.07, 6.45) is 1.28. The molecule has 10 heteroatoms. The zero-order chi connectivity index (χ0) is 19.4. The molecule has 2 aromatic carbocycles. The van der Waals surface area contributed by atoms with Crippen molar-refractivity contribution < 1.29 is 21.9 Å². The van der Waals surface area contributed by atoms with Crippen molar-refractivity contribution in [2.24, 2.45) is 0 Å². The van der Waals surface area contributed by atoms with Gasteiger partial charge in [-0.25, -0.2) is 27.2 Å². The lowest BCUT2D eigenvalue weighted by Gasteiger charge is -2.12. The van der Waals surface area contributed by atoms with Gasteiger partial charge >= 0.3 is 0 Å². The van der Waals surface area contributed by atoms with E-state index in [1.54, 1.807) is 0 Å². The summed E-state index contributed by atoms with van der Waals surface area (Å²) in [7, 11) is -4.23. The Hall–Kier alpha value is -2.59. The minimum atomic E-state index is -4.23. The molecular formula is C17H12BrF2N3O3S. The normalized spacial score (nSPS) is 11.2. The van der Waals surface area contributed by atoms with Crippen molar-refractivity contribution in [3.8, 4) is 5.88 Å². The van der Waals surface area contributed by atoms with E-state index in [9.17, 15) is 17.2 Å². The average molecular weight is 456 g/mol. The molecule has 6 nitrogen and oxygen atoms in total. The summed E-state index contributed by atoms with van der Waals surface area (Å²) in [5.41, 5.74) is 0.841. The quantitative estimate of drug-likeness (QED) is 0.609. The zero-order valence-corrected chi connectivity index (χ0v) is 16.0. The Bertz CT molecular complexity index is 1070. The van der Waals surface area contributed by atoms with E-state index >= 15 is 0 Å². The van der Waals surface area contributed by atoms with E-state index in [2.05, 4.69) is 30.6 Å². The fourth-order valence-electron chi connectivity index (χ4n) is 2.08. The van der Waals surface area contributed by atoms with Crippen LogP contribution < -0.4 is 9.46 Å². The van der Waals surface area contributed by atoms with Gasteiger partial charge in [0.15, 0.2) is 11.6 Å². The first-order valence-corrected chi connectivity index (χ1v) is 9.80. The maximum atomic E-state index is 13.4. The molecule has 0 aliphatic heterocycles. The molecule has 0 saturated heterocycles. The first kappa shape index (κ1) is 19.2. The van der Waals surface area contributed by atoms with E-state index in [1.165, 1.54) is 6.20 Å². The molecule has 0 aliphatic carbocycles. The summed E-state index contributed by atoms with van der Waals surface area (Å²) in [4.78, 5) is 7.56. The summed E-state index contributed by atoms with van der Waals surface area (Å²) >= 11 is 3.14. The van der Waals surface area contributed by atoms with Crippen LogP contribution in [-0.2, 0) is 16.6 Å². The van der Waals surface area contributed by atoms with Crippen LogP contribution in [0, 0.1) is 11.6 Å². The molecule has 0 fully saturated rings. The third-order valence-electron chi connectivity index (χ3n) is 3.36. The van der Waals surface area contributed by atoms with Crippen LogP contribution in [0.5, 0.6) is 5.88 Å². The van der Waals surface area contributed by atoms with Crippen molar-refractivity contribution in [3.63, 3.8) is 0 Å². The Morgan fingerprint density at radius 2 is 1.81 bits per heavy atom. The lowest BCUT2D eigenvalue weighted by Crippen LogP contribution is -2.16. The number of nitrogens with one attached hydrogen (secondary N) is 1. The van der Waals surface area contributed by atoms with E-state index in [0.29, 0.717) is 10.7 Å². The number of aromatic nitrogens is 2. The molecule has 0 radical (unpaired) electrons. The Kier molecular flexibility index (Phi) is 5.66. The number of hydrogen-bond donors (Lipinski definition) is 1. The number of halogens is 3. The van der Waals surface area contributed by atoms with Crippen LogP contribution >= 0.6 is 15.9 Å². The van der Waals surface area contributed by atoms with Crippen molar-refractivity contribution in [2.45, 2.75) is 11.5 Å². The van der Waals surface area contributed by atoms with Gasteiger partial charge in [0.05, 0.1) is 11.1 Å². The molecule has 3 rings (SSSR count). The van der Waals surface area contributed by atoms with Crippen molar-refractivity contribution in [1.82, 2.24) is 9.97 Å². The van der Waals surface area contributed by atoms with E-state index in [-0.39, 0.29) is 18.3 Å². The van der Waals surface area contributed by atoms with Crippen molar-refractivity contribution >= 4 is 31.8 Å². The lowest BCUT2D eigenvalue weighted by molar-refractivity contribution is 0.294. The summed E-state index contributed by atoms with van der Waals surface area (Å²) in [5.74, 6) is -2.68. The first-order valence-electron chi connectivity index (χ1n) is 7.52. The molecule has 0 amide bonds. The van der Waals surface area contributed by atoms with E-state index < -0.39 is 26.6 Å². The lowest BCUT2D eigenvalue weighted by atomic mass is 10.2. The minimum absolute atomic E-state index is 0.0700. The fraction of sp³-hybridized carbons (Fsp3) is 0.0588. The Morgan fingerprint density at radius 3 is 2.52 bits per heavy atom. The Balaban J connectivity index is 1.86. The SMILES string of the molecule is O=S(=O)(Nc1ncc(Br)nc1OCc1ccccc1)c1ccc(F)c(F)c1. The number of sulfonamides is 1. The summed E-state index contributed by atoms with van der Waals surface area (Å²) < 4.78 is 59.4. The van der Waals surface area contributed by atoms with Crippen molar-refractivity contribution in [1.29, 1.82) is 0 Å². The van der Waals surface area contributed by atoms with Gasteiger partial charge < -0.3 is 4.74 Å². The molecule has 140 valence electrons. The molecule has 0 bridgehead atoms. The Labute approximate surface area is 162 Å². The molecule has 27 heavy (non-hydrogen) atoms. The molecule has 1 aromatic heterocycles. The topological polar surface area (TPSA) is 81.2 Å². The molecular weight excluding hydrogens is 444 g/mol. The highest BCUT2D eigenvalue weighted by Gasteiger charge is 2.20. The number of hydrogen-bond acceptors (Lipinski definition) is 5. The highest BCUT2D eigenvalue weighted by Crippen LogP contribution is 2.25. The Morgan fingerprint density at radius 1 is 1.07 bits per heavy atom. The minimum Gasteiger partial charge on any atom is -0.470 e. The van der Waals surface area contributed by atoms with Gasteiger partial charge in [0.1, 0.15) is 11.2 Å². The second-order valence-electron chi connectivity index (χ2n) is 5.30. The van der Waals surface area contributed by atoms with E-state index in [4.69, 9.17) is 4.74 Å². The zero-order valence-electron chi connectivity index (χ0n) is 13.6. The molecule has 1 heterocycles. The maximum absolute atomic E-state index is 13.4. The average Bonchev–Trinajstić information content (AvgIpc) is 2.64. The smallest absolute Gasteiger partial charge is 0.263 e. The summed E-state index contributed by atoms with van der Waals surface area (Å²) in [5, 5.41) is 0. The van der Waals surface area contributed by atoms with Gasteiger partial charge in [0, 0.05) is 0 Å². The second kappa shape index (κ2) is 7.97. The van der Waals surface area contributed by atoms with Gasteiger partial charge in [-0.3, -0.25) is 4.72 Å². The van der Waals surface area contributed by atoms with Gasteiger partial charge in [-0.15, -0.1) is 0 Å². The summed E-state index contributed by atoms with van der Waals surface area (Å²) in [6.45, 7) is 0.131. The van der Waals surface area contributed by atoms with E-state index in [1.807, 2.05) is 30.3 Å². The predicted molar refractivity (Wildman–Crippen MR) is 97.7 cm³/mol. The third-order valence-corrected chi connectivity index (χ3v) is 5.08. The van der Waals surface area contributed by atoms with Gasteiger partial charge in [0.2, 0.25) is 5.82 Å². The van der Waals surface area contributed by atoms with Crippen LogP contribution in [0.15, 0.2) is 64.2 Å². The molecule has 0 aliphatic rings. The van der Waals surface area contributed by atoms with Crippen LogP contribution in [0.1, 0.15) is 5.56 Å². The number of rotatable bonds is 6. The van der Waals surface area contributed by atoms with Crippen LogP contribution in [0.4, 0.5) is 14.6 Å². The third kappa shape index (κ3) is 4.77. The van der Waals surface area contributed by atoms with Crippen LogP contribution in [0.2, 0.25) is 0 Å². The van der Waals surface area contributed by atoms with Crippen LogP contribution in [-0.4, -0.2) is 18.4 Å². The highest BCUT2D eigenvalue weighted by atomic mass is 79.9. The largest absolute Gasteiger partial charge is 0.470 e. The predicted octanol–water partition coefficient (Wildman–Crippen LogP) is 3.90. The van der Waals surface area contributed by atoms with Gasteiger partial charge in [-0.05, 0) is 39.7 Å². The molecule has 0 atom stereocenters. The second-order valence-corrected chi connectivity index (χ2v) is 7.80. The van der Waals surface area contributed by atoms with E-state index in [0.717, 1.165) is 17.7 Å². The van der Waals surface area contributed by atoms with Crippen molar-refractivity contribution in [2.75, 3.05) is 4.72 Å². The monoisotopic (exact) mass is 455 g/mol. The first-order chi connectivity index (χ1) is 12.8. The maximum Gasteiger partial charge on any atom is 0.263 e. The number of anilines is 1. The molecule has 0 saturated carbocycles. The number of ether oxygens (including phenoxy) is 1. The van der Waals surface area contributed by atoms with Gasteiger partial charge in [-0.1, -0.05) is 30.3 Å². The van der Waals surface area contributed by atoms with Gasteiger partial charge in [-0.2, -0.15) is 0 Å².